The molecule has 4 rings (SSSR count). The SMILES string of the molecule is Cc1ncsc1-c1ccc(C(NC(=O)C2CCCN2C(=O)C(NC(=O)C2(F)CC2)C(C)(C)C)C(C)C)cc1. The molecule has 1 aromatic carbocycles. The van der Waals surface area contributed by atoms with Crippen molar-refractivity contribution in [1.29, 1.82) is 0 Å². The number of likely N-dealkylation sites (tertiary alicyclic amines) is 1. The highest BCUT2D eigenvalue weighted by molar-refractivity contribution is 7.13. The van der Waals surface area contributed by atoms with Crippen molar-refractivity contribution < 1.29 is 18.8 Å². The van der Waals surface area contributed by atoms with Crippen LogP contribution in [0.3, 0.4) is 0 Å². The number of nitrogens with one attached hydrogen (secondary N) is 2. The molecule has 2 fully saturated rings. The molecule has 38 heavy (non-hydrogen) atoms. The van der Waals surface area contributed by atoms with Crippen molar-refractivity contribution in [2.75, 3.05) is 6.54 Å². The van der Waals surface area contributed by atoms with E-state index in [1.165, 1.54) is 0 Å². The summed E-state index contributed by atoms with van der Waals surface area (Å²) in [5.41, 5.74) is 2.40. The lowest BCUT2D eigenvalue weighted by atomic mass is 9.85. The minimum atomic E-state index is -1.87. The number of alkyl halides is 1. The Labute approximate surface area is 228 Å². The Morgan fingerprint density at radius 3 is 2.32 bits per heavy atom. The van der Waals surface area contributed by atoms with E-state index in [2.05, 4.69) is 41.6 Å². The third-order valence-electron chi connectivity index (χ3n) is 7.56. The molecule has 9 heteroatoms. The van der Waals surface area contributed by atoms with E-state index in [4.69, 9.17) is 0 Å². The molecule has 1 aliphatic heterocycles. The normalized spacial score (nSPS) is 20.2. The standard InChI is InChI=1S/C29H39FN4O3S/c1-17(2)22(19-9-11-20(12-10-19)23-18(3)31-16-38-23)32-25(35)21-8-7-15-34(21)26(36)24(28(4,5)6)33-27(37)29(30)13-14-29/h9-12,16-17,21-22,24H,7-8,13-15H2,1-6H3,(H,32,35)(H,33,37). The molecule has 2 aromatic rings. The summed E-state index contributed by atoms with van der Waals surface area (Å²) in [6, 6.07) is 6.40. The van der Waals surface area contributed by atoms with Crippen LogP contribution in [0.5, 0.6) is 0 Å². The Morgan fingerprint density at radius 1 is 1.13 bits per heavy atom. The molecule has 3 unspecified atom stereocenters. The van der Waals surface area contributed by atoms with Gasteiger partial charge in [0.25, 0.3) is 5.91 Å². The summed E-state index contributed by atoms with van der Waals surface area (Å²) in [6.45, 7) is 12.0. The molecule has 0 radical (unpaired) electrons. The van der Waals surface area contributed by atoms with Crippen molar-refractivity contribution in [2.45, 2.75) is 91.0 Å². The largest absolute Gasteiger partial charge is 0.347 e. The molecule has 1 saturated carbocycles. The minimum absolute atomic E-state index is 0.126. The molecule has 1 aliphatic carbocycles. The van der Waals surface area contributed by atoms with Crippen molar-refractivity contribution in [3.05, 3.63) is 41.0 Å². The molecule has 1 aromatic heterocycles. The minimum Gasteiger partial charge on any atom is -0.347 e. The fourth-order valence-corrected chi connectivity index (χ4v) is 5.83. The summed E-state index contributed by atoms with van der Waals surface area (Å²) < 4.78 is 14.4. The van der Waals surface area contributed by atoms with Crippen LogP contribution in [0.25, 0.3) is 10.4 Å². The average Bonchev–Trinajstić information content (AvgIpc) is 3.23. The first-order chi connectivity index (χ1) is 17.8. The Hall–Kier alpha value is -2.81. The number of nitrogens with zero attached hydrogens (tertiary/aromatic N) is 2. The Balaban J connectivity index is 1.49. The maximum atomic E-state index is 14.4. The van der Waals surface area contributed by atoms with Gasteiger partial charge in [-0.3, -0.25) is 14.4 Å². The number of thiazole rings is 1. The van der Waals surface area contributed by atoms with Crippen LogP contribution in [0, 0.1) is 18.3 Å². The van der Waals surface area contributed by atoms with E-state index < -0.39 is 29.1 Å². The number of halogens is 1. The van der Waals surface area contributed by atoms with Gasteiger partial charge in [-0.25, -0.2) is 9.37 Å². The van der Waals surface area contributed by atoms with Crippen LogP contribution >= 0.6 is 11.3 Å². The van der Waals surface area contributed by atoms with Crippen LogP contribution in [0.4, 0.5) is 4.39 Å². The number of rotatable bonds is 8. The highest BCUT2D eigenvalue weighted by atomic mass is 32.1. The average molecular weight is 543 g/mol. The number of carbonyl (C=O) groups is 3. The first-order valence-corrected chi connectivity index (χ1v) is 14.3. The van der Waals surface area contributed by atoms with Gasteiger partial charge in [-0.15, -0.1) is 11.3 Å². The number of hydrogen-bond donors (Lipinski definition) is 2. The zero-order chi connectivity index (χ0) is 27.8. The van der Waals surface area contributed by atoms with Crippen LogP contribution in [-0.4, -0.2) is 51.9 Å². The molecule has 7 nitrogen and oxygen atoms in total. The van der Waals surface area contributed by atoms with Gasteiger partial charge in [-0.1, -0.05) is 58.9 Å². The van der Waals surface area contributed by atoms with Crippen LogP contribution < -0.4 is 10.6 Å². The van der Waals surface area contributed by atoms with E-state index in [0.29, 0.717) is 19.4 Å². The van der Waals surface area contributed by atoms with E-state index in [0.717, 1.165) is 21.7 Å². The van der Waals surface area contributed by atoms with E-state index >= 15 is 0 Å². The number of amides is 3. The summed E-state index contributed by atoms with van der Waals surface area (Å²) in [6.07, 6.45) is 1.60. The number of aromatic nitrogens is 1. The van der Waals surface area contributed by atoms with Crippen molar-refractivity contribution in [3.63, 3.8) is 0 Å². The second-order valence-electron chi connectivity index (χ2n) is 12.0. The van der Waals surface area contributed by atoms with Gasteiger partial charge in [0.05, 0.1) is 22.1 Å². The molecular weight excluding hydrogens is 503 g/mol. The van der Waals surface area contributed by atoms with Crippen LogP contribution in [0.1, 0.15) is 77.6 Å². The van der Waals surface area contributed by atoms with Crippen molar-refractivity contribution in [3.8, 4) is 10.4 Å². The molecule has 2 N–H and O–H groups in total. The summed E-state index contributed by atoms with van der Waals surface area (Å²) >= 11 is 1.60. The number of hydrogen-bond acceptors (Lipinski definition) is 5. The zero-order valence-electron chi connectivity index (χ0n) is 23.1. The van der Waals surface area contributed by atoms with E-state index in [-0.39, 0.29) is 36.6 Å². The first-order valence-electron chi connectivity index (χ1n) is 13.4. The Morgan fingerprint density at radius 2 is 1.79 bits per heavy atom. The lowest BCUT2D eigenvalue weighted by molar-refractivity contribution is -0.145. The highest BCUT2D eigenvalue weighted by Gasteiger charge is 2.53. The highest BCUT2D eigenvalue weighted by Crippen LogP contribution is 2.40. The number of benzene rings is 1. The zero-order valence-corrected chi connectivity index (χ0v) is 24.0. The number of aryl methyl sites for hydroxylation is 1. The third-order valence-corrected chi connectivity index (χ3v) is 8.54. The smallest absolute Gasteiger partial charge is 0.258 e. The lowest BCUT2D eigenvalue weighted by Crippen LogP contribution is -2.59. The first kappa shape index (κ1) is 28.2. The van der Waals surface area contributed by atoms with E-state index in [1.807, 2.05) is 45.3 Å². The van der Waals surface area contributed by atoms with Gasteiger partial charge >= 0.3 is 0 Å². The van der Waals surface area contributed by atoms with Gasteiger partial charge in [0.2, 0.25) is 11.8 Å². The van der Waals surface area contributed by atoms with Gasteiger partial charge in [0.1, 0.15) is 12.1 Å². The molecule has 206 valence electrons. The fraction of sp³-hybridized carbons (Fsp3) is 0.586. The summed E-state index contributed by atoms with van der Waals surface area (Å²) in [4.78, 5) is 46.7. The summed E-state index contributed by atoms with van der Waals surface area (Å²) in [7, 11) is 0. The number of carbonyl (C=O) groups excluding carboxylic acids is 3. The van der Waals surface area contributed by atoms with E-state index in [9.17, 15) is 18.8 Å². The van der Waals surface area contributed by atoms with Crippen LogP contribution in [-0.2, 0) is 14.4 Å². The van der Waals surface area contributed by atoms with Crippen LogP contribution in [0.15, 0.2) is 29.8 Å². The van der Waals surface area contributed by atoms with Gasteiger partial charge in [-0.2, -0.15) is 0 Å². The topological polar surface area (TPSA) is 91.4 Å². The molecule has 3 atom stereocenters. The van der Waals surface area contributed by atoms with Gasteiger partial charge in [0.15, 0.2) is 5.67 Å². The van der Waals surface area contributed by atoms with Gasteiger partial charge in [0, 0.05) is 6.54 Å². The lowest BCUT2D eigenvalue weighted by Gasteiger charge is -2.36. The Bertz CT molecular complexity index is 1180. The maximum Gasteiger partial charge on any atom is 0.258 e. The Kier molecular flexibility index (Phi) is 7.98. The van der Waals surface area contributed by atoms with Gasteiger partial charge < -0.3 is 15.5 Å². The van der Waals surface area contributed by atoms with Crippen LogP contribution in [0.2, 0.25) is 0 Å². The molecule has 1 saturated heterocycles. The predicted octanol–water partition coefficient (Wildman–Crippen LogP) is 4.96. The maximum absolute atomic E-state index is 14.4. The quantitative estimate of drug-likeness (QED) is 0.494. The fourth-order valence-electron chi connectivity index (χ4n) is 5.02. The van der Waals surface area contributed by atoms with Gasteiger partial charge in [-0.05, 0) is 55.1 Å². The molecule has 2 aliphatic rings. The third kappa shape index (κ3) is 5.92. The molecule has 3 amide bonds. The predicted molar refractivity (Wildman–Crippen MR) is 147 cm³/mol. The molecule has 2 heterocycles. The van der Waals surface area contributed by atoms with Crippen molar-refractivity contribution in [2.24, 2.45) is 11.3 Å². The molecule has 0 bridgehead atoms. The monoisotopic (exact) mass is 542 g/mol. The second kappa shape index (κ2) is 10.8. The summed E-state index contributed by atoms with van der Waals surface area (Å²) in [5.74, 6) is -1.15. The summed E-state index contributed by atoms with van der Waals surface area (Å²) in [5, 5.41) is 5.85. The molecular formula is C29H39FN4O3S. The second-order valence-corrected chi connectivity index (χ2v) is 12.9. The van der Waals surface area contributed by atoms with Crippen molar-refractivity contribution >= 4 is 29.1 Å². The molecule has 0 spiro atoms. The van der Waals surface area contributed by atoms with Crippen molar-refractivity contribution in [1.82, 2.24) is 20.5 Å². The van der Waals surface area contributed by atoms with E-state index in [1.54, 1.807) is 16.2 Å².